The molecule has 7 heteroatoms. The van der Waals surface area contributed by atoms with E-state index in [1.165, 1.54) is 6.07 Å². The Morgan fingerprint density at radius 3 is 2.64 bits per heavy atom. The van der Waals surface area contributed by atoms with E-state index in [-0.39, 0.29) is 11.2 Å². The molecule has 0 radical (unpaired) electrons. The molecule has 5 rings (SSSR count). The topological polar surface area (TPSA) is 64.9 Å². The molecule has 0 amide bonds. The van der Waals surface area contributed by atoms with Crippen LogP contribution in [0.2, 0.25) is 0 Å². The van der Waals surface area contributed by atoms with Gasteiger partial charge in [-0.15, -0.1) is 0 Å². The van der Waals surface area contributed by atoms with Crippen molar-refractivity contribution in [2.24, 2.45) is 0 Å². The van der Waals surface area contributed by atoms with Crippen LogP contribution in [0.5, 0.6) is 0 Å². The van der Waals surface area contributed by atoms with Gasteiger partial charge in [0.2, 0.25) is 0 Å². The molecule has 0 aliphatic carbocycles. The molecule has 0 spiro atoms. The number of hydrogen-bond acceptors (Lipinski definition) is 5. The maximum atomic E-state index is 14.0. The number of ether oxygens (including phenoxy) is 1. The number of para-hydroxylation sites is 2. The van der Waals surface area contributed by atoms with E-state index in [2.05, 4.69) is 30.9 Å². The normalized spacial score (nSPS) is 15.6. The van der Waals surface area contributed by atoms with Crippen LogP contribution < -0.4 is 5.32 Å². The minimum atomic E-state index is -0.207. The molecule has 1 fully saturated rings. The summed E-state index contributed by atoms with van der Waals surface area (Å²) < 4.78 is 21.8. The molecule has 0 bridgehead atoms. The minimum absolute atomic E-state index is 0.198. The van der Waals surface area contributed by atoms with E-state index < -0.39 is 0 Å². The average molecular weight is 446 g/mol. The van der Waals surface area contributed by atoms with Crippen molar-refractivity contribution < 1.29 is 9.13 Å². The molecule has 1 aliphatic rings. The minimum Gasteiger partial charge on any atom is -0.381 e. The first kappa shape index (κ1) is 21.5. The SMILES string of the molecule is Cc1nc(Cn2c(C)nc3ccccc32)cc(NCC2(c3cccc(F)c3)CCOCC2)n1. The number of rotatable bonds is 6. The molecular weight excluding hydrogens is 417 g/mol. The lowest BCUT2D eigenvalue weighted by Crippen LogP contribution is -2.40. The fourth-order valence-electron chi connectivity index (χ4n) is 4.77. The Balaban J connectivity index is 1.40. The van der Waals surface area contributed by atoms with Gasteiger partial charge in [0.1, 0.15) is 23.3 Å². The smallest absolute Gasteiger partial charge is 0.130 e. The summed E-state index contributed by atoms with van der Waals surface area (Å²) in [6.45, 7) is 6.53. The van der Waals surface area contributed by atoms with Crippen molar-refractivity contribution in [3.8, 4) is 0 Å². The molecule has 0 saturated carbocycles. The second-order valence-corrected chi connectivity index (χ2v) is 8.78. The van der Waals surface area contributed by atoms with E-state index in [1.807, 2.05) is 44.2 Å². The fourth-order valence-corrected chi connectivity index (χ4v) is 4.77. The number of fused-ring (bicyclic) bond motifs is 1. The highest BCUT2D eigenvalue weighted by Crippen LogP contribution is 2.35. The Kier molecular flexibility index (Phi) is 5.81. The van der Waals surface area contributed by atoms with Crippen LogP contribution in [0.15, 0.2) is 54.6 Å². The van der Waals surface area contributed by atoms with E-state index in [0.29, 0.717) is 32.1 Å². The number of aromatic nitrogens is 4. The predicted octanol–water partition coefficient (Wildman–Crippen LogP) is 4.79. The van der Waals surface area contributed by atoms with Crippen molar-refractivity contribution in [1.29, 1.82) is 0 Å². The Morgan fingerprint density at radius 1 is 1.00 bits per heavy atom. The van der Waals surface area contributed by atoms with Crippen LogP contribution in [0.4, 0.5) is 10.2 Å². The number of imidazole rings is 1. The summed E-state index contributed by atoms with van der Waals surface area (Å²) >= 11 is 0. The highest BCUT2D eigenvalue weighted by atomic mass is 19.1. The number of hydrogen-bond donors (Lipinski definition) is 1. The molecule has 33 heavy (non-hydrogen) atoms. The van der Waals surface area contributed by atoms with Gasteiger partial charge in [0, 0.05) is 31.2 Å². The lowest BCUT2D eigenvalue weighted by molar-refractivity contribution is 0.0542. The predicted molar refractivity (Wildman–Crippen MR) is 127 cm³/mol. The van der Waals surface area contributed by atoms with E-state index in [9.17, 15) is 4.39 Å². The zero-order valence-corrected chi connectivity index (χ0v) is 19.0. The second-order valence-electron chi connectivity index (χ2n) is 8.78. The third kappa shape index (κ3) is 4.46. The van der Waals surface area contributed by atoms with Crippen molar-refractivity contribution in [2.45, 2.75) is 38.6 Å². The quantitative estimate of drug-likeness (QED) is 0.462. The van der Waals surface area contributed by atoms with E-state index in [4.69, 9.17) is 4.74 Å². The Hall–Kier alpha value is -3.32. The van der Waals surface area contributed by atoms with Gasteiger partial charge in [0.05, 0.1) is 23.3 Å². The molecule has 3 heterocycles. The summed E-state index contributed by atoms with van der Waals surface area (Å²) in [5.74, 6) is 2.24. The number of halogens is 1. The first-order valence-corrected chi connectivity index (χ1v) is 11.4. The summed E-state index contributed by atoms with van der Waals surface area (Å²) in [6, 6.07) is 17.1. The molecule has 170 valence electrons. The fraction of sp³-hybridized carbons (Fsp3) is 0.346. The highest BCUT2D eigenvalue weighted by Gasteiger charge is 2.34. The lowest BCUT2D eigenvalue weighted by Gasteiger charge is -2.38. The van der Waals surface area contributed by atoms with Gasteiger partial charge in [0.25, 0.3) is 0 Å². The van der Waals surface area contributed by atoms with Gasteiger partial charge in [-0.1, -0.05) is 24.3 Å². The molecular formula is C26H28FN5O. The maximum Gasteiger partial charge on any atom is 0.130 e. The highest BCUT2D eigenvalue weighted by molar-refractivity contribution is 5.75. The molecule has 1 saturated heterocycles. The zero-order valence-electron chi connectivity index (χ0n) is 19.0. The molecule has 1 N–H and O–H groups in total. The molecule has 2 aromatic heterocycles. The summed E-state index contributed by atoms with van der Waals surface area (Å²) in [7, 11) is 0. The van der Waals surface area contributed by atoms with Crippen molar-refractivity contribution in [3.63, 3.8) is 0 Å². The molecule has 4 aromatic rings. The number of anilines is 1. The summed E-state index contributed by atoms with van der Waals surface area (Å²) in [5, 5.41) is 3.53. The first-order valence-electron chi connectivity index (χ1n) is 11.4. The van der Waals surface area contributed by atoms with Crippen molar-refractivity contribution in [3.05, 3.63) is 83.3 Å². The van der Waals surface area contributed by atoms with Crippen LogP contribution in [0.1, 0.15) is 35.7 Å². The van der Waals surface area contributed by atoms with Crippen LogP contribution in [0, 0.1) is 19.7 Å². The number of aryl methyl sites for hydroxylation is 2. The van der Waals surface area contributed by atoms with Gasteiger partial charge >= 0.3 is 0 Å². The van der Waals surface area contributed by atoms with Crippen LogP contribution in [-0.2, 0) is 16.7 Å². The third-order valence-corrected chi connectivity index (χ3v) is 6.55. The van der Waals surface area contributed by atoms with Gasteiger partial charge in [-0.3, -0.25) is 0 Å². The molecule has 6 nitrogen and oxygen atoms in total. The zero-order chi connectivity index (χ0) is 22.8. The molecule has 0 unspecified atom stereocenters. The standard InChI is InChI=1S/C26H28FN5O/c1-18-29-22(16-32-19(2)31-23-8-3-4-9-24(23)32)15-25(30-18)28-17-26(10-12-33-13-11-26)20-6-5-7-21(27)14-20/h3-9,14-15H,10-13,16-17H2,1-2H3,(H,28,29,30). The lowest BCUT2D eigenvalue weighted by atomic mass is 9.74. The van der Waals surface area contributed by atoms with Gasteiger partial charge in [-0.25, -0.2) is 19.3 Å². The van der Waals surface area contributed by atoms with Crippen molar-refractivity contribution in [2.75, 3.05) is 25.1 Å². The summed E-state index contributed by atoms with van der Waals surface area (Å²) in [4.78, 5) is 14.0. The number of nitrogens with zero attached hydrogens (tertiary/aromatic N) is 4. The largest absolute Gasteiger partial charge is 0.381 e. The molecule has 0 atom stereocenters. The van der Waals surface area contributed by atoms with Gasteiger partial charge in [-0.05, 0) is 56.5 Å². The summed E-state index contributed by atoms with van der Waals surface area (Å²) in [6.07, 6.45) is 1.67. The van der Waals surface area contributed by atoms with Crippen molar-refractivity contribution >= 4 is 16.9 Å². The monoisotopic (exact) mass is 445 g/mol. The Labute approximate surface area is 192 Å². The van der Waals surface area contributed by atoms with E-state index in [0.717, 1.165) is 46.8 Å². The third-order valence-electron chi connectivity index (χ3n) is 6.55. The molecule has 2 aromatic carbocycles. The van der Waals surface area contributed by atoms with Gasteiger partial charge in [0.15, 0.2) is 0 Å². The van der Waals surface area contributed by atoms with Gasteiger partial charge < -0.3 is 14.6 Å². The van der Waals surface area contributed by atoms with Crippen molar-refractivity contribution in [1.82, 2.24) is 19.5 Å². The van der Waals surface area contributed by atoms with Crippen LogP contribution in [0.3, 0.4) is 0 Å². The Morgan fingerprint density at radius 2 is 1.82 bits per heavy atom. The van der Waals surface area contributed by atoms with Crippen LogP contribution in [0.25, 0.3) is 11.0 Å². The van der Waals surface area contributed by atoms with Gasteiger partial charge in [-0.2, -0.15) is 0 Å². The average Bonchev–Trinajstić information content (AvgIpc) is 3.13. The number of benzene rings is 2. The van der Waals surface area contributed by atoms with Crippen LogP contribution >= 0.6 is 0 Å². The maximum absolute atomic E-state index is 14.0. The Bertz CT molecular complexity index is 1280. The molecule has 1 aliphatic heterocycles. The van der Waals surface area contributed by atoms with E-state index in [1.54, 1.807) is 12.1 Å². The second kappa shape index (κ2) is 8.90. The van der Waals surface area contributed by atoms with E-state index >= 15 is 0 Å². The number of nitrogens with one attached hydrogen (secondary N) is 1. The van der Waals surface area contributed by atoms with Crippen LogP contribution in [-0.4, -0.2) is 39.3 Å². The first-order chi connectivity index (χ1) is 16.0. The summed E-state index contributed by atoms with van der Waals surface area (Å²) in [5.41, 5.74) is 3.80.